The maximum absolute atomic E-state index is 13.2. The number of nitrogens with one attached hydrogen (secondary N) is 1. The largest absolute Gasteiger partial charge is 0.456 e. The van der Waals surface area contributed by atoms with Gasteiger partial charge in [0.1, 0.15) is 23.2 Å². The number of likely N-dealkylation sites (N-methyl/N-ethyl adjacent to an activating group) is 1. The van der Waals surface area contributed by atoms with Crippen molar-refractivity contribution in [3.63, 3.8) is 0 Å². The molecule has 0 spiro atoms. The summed E-state index contributed by atoms with van der Waals surface area (Å²) in [6.07, 6.45) is 3.61. The second-order valence-corrected chi connectivity index (χ2v) is 8.88. The van der Waals surface area contributed by atoms with Crippen molar-refractivity contribution < 1.29 is 28.6 Å². The number of carbonyl (C=O) groups is 2. The Bertz CT molecular complexity index is 1410. The molecule has 1 unspecified atom stereocenters. The van der Waals surface area contributed by atoms with Crippen LogP contribution in [0.15, 0.2) is 54.9 Å². The summed E-state index contributed by atoms with van der Waals surface area (Å²) in [7, 11) is 1.65. The van der Waals surface area contributed by atoms with Gasteiger partial charge in [0.05, 0.1) is 19.4 Å². The third kappa shape index (κ3) is 5.43. The Morgan fingerprint density at radius 1 is 1.22 bits per heavy atom. The Hall–Kier alpha value is -4.33. The molecule has 0 radical (unpaired) electrons. The second kappa shape index (κ2) is 9.97. The second-order valence-electron chi connectivity index (χ2n) is 8.88. The summed E-state index contributed by atoms with van der Waals surface area (Å²) >= 11 is 0. The van der Waals surface area contributed by atoms with E-state index in [0.717, 1.165) is 11.6 Å². The van der Waals surface area contributed by atoms with Gasteiger partial charge in [-0.05, 0) is 48.7 Å². The molecule has 1 saturated heterocycles. The number of pyridine rings is 2. The maximum Gasteiger partial charge on any atom is 0.270 e. The van der Waals surface area contributed by atoms with E-state index in [4.69, 9.17) is 9.47 Å². The fraction of sp³-hybridized carbons (Fsp3) is 0.259. The zero-order chi connectivity index (χ0) is 26.0. The fourth-order valence-electron chi connectivity index (χ4n) is 4.02. The van der Waals surface area contributed by atoms with Crippen molar-refractivity contribution in [3.05, 3.63) is 77.6 Å². The first-order valence-electron chi connectivity index (χ1n) is 11.6. The molecule has 3 aromatic rings. The number of fused-ring (bicyclic) bond motifs is 1. The lowest BCUT2D eigenvalue weighted by Gasteiger charge is -2.30. The van der Waals surface area contributed by atoms with Crippen LogP contribution in [-0.2, 0) is 16.0 Å². The van der Waals surface area contributed by atoms with Crippen LogP contribution in [0.5, 0.6) is 11.5 Å². The SMILES string of the molecule is CN1C(=O)C(NC(=O)c2cc(Oc3ccc(F)nc3)ccn2)CCc2ccc(C#CC3(O)COC3)cc21. The molecule has 2 N–H and O–H groups in total. The third-order valence-electron chi connectivity index (χ3n) is 6.10. The zero-order valence-electron chi connectivity index (χ0n) is 19.9. The van der Waals surface area contributed by atoms with Crippen LogP contribution >= 0.6 is 0 Å². The van der Waals surface area contributed by atoms with Crippen molar-refractivity contribution in [1.82, 2.24) is 15.3 Å². The highest BCUT2D eigenvalue weighted by Crippen LogP contribution is 2.28. The van der Waals surface area contributed by atoms with Crippen LogP contribution < -0.4 is 15.0 Å². The van der Waals surface area contributed by atoms with E-state index in [-0.39, 0.29) is 24.8 Å². The van der Waals surface area contributed by atoms with Crippen LogP contribution in [0.4, 0.5) is 10.1 Å². The van der Waals surface area contributed by atoms with E-state index in [0.29, 0.717) is 35.6 Å². The van der Waals surface area contributed by atoms with Gasteiger partial charge in [0.2, 0.25) is 11.9 Å². The first-order valence-corrected chi connectivity index (χ1v) is 11.6. The summed E-state index contributed by atoms with van der Waals surface area (Å²) in [5.74, 6) is 4.96. The van der Waals surface area contributed by atoms with E-state index < -0.39 is 23.5 Å². The normalized spacial score (nSPS) is 18.0. The Morgan fingerprint density at radius 2 is 2.05 bits per heavy atom. The molecule has 0 saturated carbocycles. The van der Waals surface area contributed by atoms with E-state index in [9.17, 15) is 19.1 Å². The summed E-state index contributed by atoms with van der Waals surface area (Å²) in [5, 5.41) is 12.9. The number of amides is 2. The minimum absolute atomic E-state index is 0.0697. The molecule has 188 valence electrons. The molecule has 2 aliphatic rings. The average Bonchev–Trinajstić information content (AvgIpc) is 3.00. The van der Waals surface area contributed by atoms with Crippen molar-refractivity contribution in [2.24, 2.45) is 0 Å². The quantitative estimate of drug-likeness (QED) is 0.416. The van der Waals surface area contributed by atoms with Gasteiger partial charge in [-0.25, -0.2) is 4.98 Å². The molecule has 4 heterocycles. The van der Waals surface area contributed by atoms with Crippen LogP contribution in [0.25, 0.3) is 0 Å². The van der Waals surface area contributed by atoms with Crippen LogP contribution in [0.1, 0.15) is 28.0 Å². The molecular weight excluding hydrogens is 479 g/mol. The summed E-state index contributed by atoms with van der Waals surface area (Å²) in [6.45, 7) is 0.357. The van der Waals surface area contributed by atoms with Crippen molar-refractivity contribution in [3.8, 4) is 23.3 Å². The van der Waals surface area contributed by atoms with Gasteiger partial charge >= 0.3 is 0 Å². The number of ether oxygens (including phenoxy) is 2. The molecule has 10 heteroatoms. The zero-order valence-corrected chi connectivity index (χ0v) is 19.9. The Balaban J connectivity index is 1.28. The average molecular weight is 503 g/mol. The molecule has 9 nitrogen and oxygen atoms in total. The Morgan fingerprint density at radius 3 is 2.78 bits per heavy atom. The lowest BCUT2D eigenvalue weighted by Crippen LogP contribution is -2.48. The van der Waals surface area contributed by atoms with Crippen molar-refractivity contribution >= 4 is 17.5 Å². The number of aromatic nitrogens is 2. The number of rotatable bonds is 4. The minimum Gasteiger partial charge on any atom is -0.456 e. The Labute approximate surface area is 212 Å². The molecule has 2 aromatic heterocycles. The number of anilines is 1. The number of hydrogen-bond acceptors (Lipinski definition) is 7. The Kier molecular flexibility index (Phi) is 6.56. The van der Waals surface area contributed by atoms with Gasteiger partial charge in [0.25, 0.3) is 5.91 Å². The summed E-state index contributed by atoms with van der Waals surface area (Å²) < 4.78 is 23.7. The first kappa shape index (κ1) is 24.4. The molecular formula is C27H23FN4O5. The van der Waals surface area contributed by atoms with Crippen LogP contribution in [0, 0.1) is 17.8 Å². The number of benzene rings is 1. The van der Waals surface area contributed by atoms with E-state index in [1.807, 2.05) is 12.1 Å². The topological polar surface area (TPSA) is 114 Å². The number of nitrogens with zero attached hydrogens (tertiary/aromatic N) is 3. The fourth-order valence-corrected chi connectivity index (χ4v) is 4.02. The molecule has 0 aliphatic carbocycles. The number of halogens is 1. The van der Waals surface area contributed by atoms with E-state index in [1.165, 1.54) is 29.4 Å². The van der Waals surface area contributed by atoms with Gasteiger partial charge in [-0.2, -0.15) is 4.39 Å². The predicted molar refractivity (Wildman–Crippen MR) is 131 cm³/mol. The van der Waals surface area contributed by atoms with Gasteiger partial charge in [-0.3, -0.25) is 14.6 Å². The van der Waals surface area contributed by atoms with E-state index in [1.54, 1.807) is 19.2 Å². The van der Waals surface area contributed by atoms with E-state index >= 15 is 0 Å². The predicted octanol–water partition coefficient (Wildman–Crippen LogP) is 2.23. The molecule has 5 rings (SSSR count). The lowest BCUT2D eigenvalue weighted by molar-refractivity contribution is -0.140. The van der Waals surface area contributed by atoms with E-state index in [2.05, 4.69) is 27.1 Å². The van der Waals surface area contributed by atoms with Gasteiger partial charge in [-0.1, -0.05) is 17.9 Å². The van der Waals surface area contributed by atoms with Crippen molar-refractivity contribution in [1.29, 1.82) is 0 Å². The summed E-state index contributed by atoms with van der Waals surface area (Å²) in [4.78, 5) is 35.3. The highest BCUT2D eigenvalue weighted by atomic mass is 19.1. The van der Waals surface area contributed by atoms with Gasteiger partial charge in [-0.15, -0.1) is 0 Å². The summed E-state index contributed by atoms with van der Waals surface area (Å²) in [5.41, 5.74) is 1.26. The highest BCUT2D eigenvalue weighted by Gasteiger charge is 2.34. The smallest absolute Gasteiger partial charge is 0.270 e. The molecule has 1 atom stereocenters. The van der Waals surface area contributed by atoms with Crippen LogP contribution in [0.2, 0.25) is 0 Å². The molecule has 2 amide bonds. The first-order chi connectivity index (χ1) is 17.8. The van der Waals surface area contributed by atoms with Gasteiger partial charge in [0, 0.05) is 30.6 Å². The molecule has 1 aromatic carbocycles. The lowest BCUT2D eigenvalue weighted by atomic mass is 10.0. The number of aryl methyl sites for hydroxylation is 1. The molecule has 0 bridgehead atoms. The van der Waals surface area contributed by atoms with Crippen molar-refractivity contribution in [2.45, 2.75) is 24.5 Å². The monoisotopic (exact) mass is 502 g/mol. The van der Waals surface area contributed by atoms with Crippen molar-refractivity contribution in [2.75, 3.05) is 25.2 Å². The highest BCUT2D eigenvalue weighted by molar-refractivity contribution is 6.02. The molecule has 1 fully saturated rings. The summed E-state index contributed by atoms with van der Waals surface area (Å²) in [6, 6.07) is 10.4. The van der Waals surface area contributed by atoms with Crippen LogP contribution in [0.3, 0.4) is 0 Å². The molecule has 37 heavy (non-hydrogen) atoms. The van der Waals surface area contributed by atoms with Gasteiger partial charge < -0.3 is 24.8 Å². The standard InChI is InChI=1S/C27H23FN4O5/c1-32-23-12-17(8-10-27(35)15-36-16-27)2-3-18(23)4-6-21(26(32)34)31-25(33)22-13-19(9-11-29-22)37-20-5-7-24(28)30-14-20/h2-3,5,7,9,11-14,21,35H,4,6,15-16H2,1H3,(H,31,33). The van der Waals surface area contributed by atoms with Gasteiger partial charge in [0.15, 0.2) is 5.60 Å². The maximum atomic E-state index is 13.2. The number of hydrogen-bond donors (Lipinski definition) is 2. The minimum atomic E-state index is -1.13. The van der Waals surface area contributed by atoms with Crippen LogP contribution in [-0.4, -0.2) is 58.8 Å². The molecule has 2 aliphatic heterocycles. The third-order valence-corrected chi connectivity index (χ3v) is 6.10. The number of carbonyl (C=O) groups excluding carboxylic acids is 2. The number of aliphatic hydroxyl groups is 1.